The Bertz CT molecular complexity index is 370. The molecule has 15 heavy (non-hydrogen) atoms. The summed E-state index contributed by atoms with van der Waals surface area (Å²) in [5, 5.41) is 11.1. The molecule has 0 saturated heterocycles. The summed E-state index contributed by atoms with van der Waals surface area (Å²) in [5.74, 6) is -0.0937. The number of hydrogen-bond donors (Lipinski definition) is 1. The van der Waals surface area contributed by atoms with Crippen LogP contribution in [0, 0.1) is 11.3 Å². The molecule has 1 aromatic heterocycles. The van der Waals surface area contributed by atoms with Crippen molar-refractivity contribution in [1.82, 2.24) is 5.32 Å². The van der Waals surface area contributed by atoms with Gasteiger partial charge in [0.05, 0.1) is 15.3 Å². The molecule has 0 spiro atoms. The highest BCUT2D eigenvalue weighted by molar-refractivity contribution is 7.17. The smallest absolute Gasteiger partial charge is 0.261 e. The molecule has 3 nitrogen and oxygen atoms in total. The molecule has 1 N–H and O–H groups in total. The Morgan fingerprint density at radius 1 is 1.53 bits per heavy atom. The van der Waals surface area contributed by atoms with Gasteiger partial charge in [-0.05, 0) is 25.0 Å². The molecular formula is C10H11ClN2OS. The Labute approximate surface area is 97.7 Å². The lowest BCUT2D eigenvalue weighted by Crippen LogP contribution is -2.23. The van der Waals surface area contributed by atoms with E-state index in [0.717, 1.165) is 12.8 Å². The zero-order valence-corrected chi connectivity index (χ0v) is 9.70. The number of hydrogen-bond acceptors (Lipinski definition) is 3. The van der Waals surface area contributed by atoms with Gasteiger partial charge in [-0.1, -0.05) is 11.6 Å². The van der Waals surface area contributed by atoms with Crippen LogP contribution in [0.1, 0.15) is 28.9 Å². The third-order valence-electron chi connectivity index (χ3n) is 1.80. The Morgan fingerprint density at radius 2 is 2.33 bits per heavy atom. The fourth-order valence-corrected chi connectivity index (χ4v) is 2.01. The zero-order chi connectivity index (χ0) is 11.1. The zero-order valence-electron chi connectivity index (χ0n) is 8.12. The van der Waals surface area contributed by atoms with Gasteiger partial charge in [0.25, 0.3) is 5.91 Å². The predicted octanol–water partition coefficient (Wildman–Crippen LogP) is 2.83. The summed E-state index contributed by atoms with van der Waals surface area (Å²) in [6.07, 6.45) is 2.20. The first-order chi connectivity index (χ1) is 7.24. The van der Waals surface area contributed by atoms with Gasteiger partial charge in [-0.15, -0.1) is 11.3 Å². The summed E-state index contributed by atoms with van der Waals surface area (Å²) < 4.78 is 0.615. The number of thiophene rings is 1. The molecule has 0 aliphatic rings. The minimum Gasteiger partial charge on any atom is -0.351 e. The lowest BCUT2D eigenvalue weighted by atomic mass is 10.2. The SMILES string of the molecule is N#CCCCCNC(=O)c1ccc(Cl)s1. The molecule has 0 unspecified atom stereocenters. The number of unbranched alkanes of at least 4 members (excludes halogenated alkanes) is 2. The molecule has 1 aromatic rings. The second-order valence-electron chi connectivity index (χ2n) is 2.97. The topological polar surface area (TPSA) is 52.9 Å². The third-order valence-corrected chi connectivity index (χ3v) is 3.03. The molecule has 0 radical (unpaired) electrons. The van der Waals surface area contributed by atoms with E-state index in [1.54, 1.807) is 12.1 Å². The Hall–Kier alpha value is -1.05. The maximum Gasteiger partial charge on any atom is 0.261 e. The van der Waals surface area contributed by atoms with Crippen LogP contribution in [0.25, 0.3) is 0 Å². The highest BCUT2D eigenvalue weighted by Gasteiger charge is 2.06. The second-order valence-corrected chi connectivity index (χ2v) is 4.69. The van der Waals surface area contributed by atoms with E-state index in [2.05, 4.69) is 11.4 Å². The minimum absolute atomic E-state index is 0.0937. The van der Waals surface area contributed by atoms with Crippen LogP contribution in [0.4, 0.5) is 0 Å². The van der Waals surface area contributed by atoms with Gasteiger partial charge >= 0.3 is 0 Å². The van der Waals surface area contributed by atoms with Gasteiger partial charge in [-0.2, -0.15) is 5.26 Å². The average molecular weight is 243 g/mol. The molecule has 1 heterocycles. The lowest BCUT2D eigenvalue weighted by molar-refractivity contribution is 0.0957. The summed E-state index contributed by atoms with van der Waals surface area (Å²) in [6.45, 7) is 0.607. The molecule has 5 heteroatoms. The Morgan fingerprint density at radius 3 is 2.93 bits per heavy atom. The minimum atomic E-state index is -0.0937. The lowest BCUT2D eigenvalue weighted by Gasteiger charge is -2.01. The molecule has 80 valence electrons. The number of rotatable bonds is 5. The number of halogens is 1. The van der Waals surface area contributed by atoms with E-state index in [0.29, 0.717) is 22.2 Å². The maximum absolute atomic E-state index is 11.5. The van der Waals surface area contributed by atoms with E-state index >= 15 is 0 Å². The van der Waals surface area contributed by atoms with E-state index in [4.69, 9.17) is 16.9 Å². The molecule has 0 atom stereocenters. The van der Waals surface area contributed by atoms with Crippen LogP contribution in [-0.2, 0) is 0 Å². The van der Waals surface area contributed by atoms with Crippen molar-refractivity contribution in [3.63, 3.8) is 0 Å². The number of carbonyl (C=O) groups excluding carboxylic acids is 1. The van der Waals surface area contributed by atoms with E-state index in [1.807, 2.05) is 0 Å². The van der Waals surface area contributed by atoms with Crippen LogP contribution in [0.5, 0.6) is 0 Å². The first-order valence-corrected chi connectivity index (χ1v) is 5.84. The van der Waals surface area contributed by atoms with Crippen molar-refractivity contribution >= 4 is 28.8 Å². The summed E-state index contributed by atoms with van der Waals surface area (Å²) in [4.78, 5) is 12.1. The van der Waals surface area contributed by atoms with Gasteiger partial charge in [-0.25, -0.2) is 0 Å². The summed E-state index contributed by atoms with van der Waals surface area (Å²) >= 11 is 6.97. The van der Waals surface area contributed by atoms with Crippen molar-refractivity contribution in [3.05, 3.63) is 21.3 Å². The van der Waals surface area contributed by atoms with Crippen molar-refractivity contribution < 1.29 is 4.79 Å². The number of carbonyl (C=O) groups is 1. The largest absolute Gasteiger partial charge is 0.351 e. The van der Waals surface area contributed by atoms with Gasteiger partial charge in [-0.3, -0.25) is 4.79 Å². The van der Waals surface area contributed by atoms with E-state index in [1.165, 1.54) is 11.3 Å². The van der Waals surface area contributed by atoms with Crippen LogP contribution in [0.15, 0.2) is 12.1 Å². The third kappa shape index (κ3) is 4.32. The predicted molar refractivity (Wildman–Crippen MR) is 61.1 cm³/mol. The molecule has 0 bridgehead atoms. The standard InChI is InChI=1S/C10H11ClN2OS/c11-9-5-4-8(15-9)10(14)13-7-3-1-2-6-12/h4-5H,1-3,7H2,(H,13,14). The second kappa shape index (κ2) is 6.44. The fraction of sp³-hybridized carbons (Fsp3) is 0.400. The molecule has 0 aliphatic carbocycles. The normalized spacial score (nSPS) is 9.60. The van der Waals surface area contributed by atoms with Crippen LogP contribution in [0.3, 0.4) is 0 Å². The quantitative estimate of drug-likeness (QED) is 0.808. The first-order valence-electron chi connectivity index (χ1n) is 4.64. The van der Waals surface area contributed by atoms with Crippen LogP contribution in [0.2, 0.25) is 4.34 Å². The van der Waals surface area contributed by atoms with Gasteiger partial charge in [0.15, 0.2) is 0 Å². The van der Waals surface area contributed by atoms with Crippen molar-refractivity contribution in [2.75, 3.05) is 6.54 Å². The molecular weight excluding hydrogens is 232 g/mol. The summed E-state index contributed by atoms with van der Waals surface area (Å²) in [5.41, 5.74) is 0. The molecule has 0 aliphatic heterocycles. The maximum atomic E-state index is 11.5. The number of amides is 1. The van der Waals surface area contributed by atoms with Crippen molar-refractivity contribution in [2.24, 2.45) is 0 Å². The first kappa shape index (κ1) is 12.0. The van der Waals surface area contributed by atoms with Crippen LogP contribution < -0.4 is 5.32 Å². The van der Waals surface area contributed by atoms with E-state index in [-0.39, 0.29) is 5.91 Å². The molecule has 0 fully saturated rings. The fourth-order valence-electron chi connectivity index (χ4n) is 1.05. The highest BCUT2D eigenvalue weighted by Crippen LogP contribution is 2.20. The number of nitrogens with zero attached hydrogens (tertiary/aromatic N) is 1. The molecule has 0 aromatic carbocycles. The summed E-state index contributed by atoms with van der Waals surface area (Å²) in [7, 11) is 0. The van der Waals surface area contributed by atoms with Gasteiger partial charge in [0.2, 0.25) is 0 Å². The molecule has 1 rings (SSSR count). The molecule has 0 saturated carbocycles. The summed E-state index contributed by atoms with van der Waals surface area (Å²) in [6, 6.07) is 5.47. The van der Waals surface area contributed by atoms with Gasteiger partial charge in [0, 0.05) is 13.0 Å². The average Bonchev–Trinajstić information content (AvgIpc) is 2.64. The monoisotopic (exact) mass is 242 g/mol. The van der Waals surface area contributed by atoms with Crippen molar-refractivity contribution in [1.29, 1.82) is 5.26 Å². The van der Waals surface area contributed by atoms with Gasteiger partial charge in [0.1, 0.15) is 0 Å². The Balaban J connectivity index is 2.23. The number of nitriles is 1. The Kier molecular flexibility index (Phi) is 5.16. The van der Waals surface area contributed by atoms with Gasteiger partial charge < -0.3 is 5.32 Å². The molecule has 1 amide bonds. The number of nitrogens with one attached hydrogen (secondary N) is 1. The van der Waals surface area contributed by atoms with Crippen LogP contribution in [-0.4, -0.2) is 12.5 Å². The van der Waals surface area contributed by atoms with Crippen LogP contribution >= 0.6 is 22.9 Å². The van der Waals surface area contributed by atoms with Crippen molar-refractivity contribution in [2.45, 2.75) is 19.3 Å². The van der Waals surface area contributed by atoms with E-state index < -0.39 is 0 Å². The van der Waals surface area contributed by atoms with E-state index in [9.17, 15) is 4.79 Å². The van der Waals surface area contributed by atoms with Crippen molar-refractivity contribution in [3.8, 4) is 6.07 Å². The highest BCUT2D eigenvalue weighted by atomic mass is 35.5.